The average Bonchev–Trinajstić information content (AvgIpc) is 2.37. The van der Waals surface area contributed by atoms with Crippen molar-refractivity contribution in [2.24, 2.45) is 0 Å². The summed E-state index contributed by atoms with van der Waals surface area (Å²) in [6, 6.07) is 0. The molecule has 4 N–H and O–H groups in total. The molecule has 1 heterocycles. The van der Waals surface area contributed by atoms with Crippen LogP contribution in [-0.2, 0) is 6.54 Å². The van der Waals surface area contributed by atoms with Crippen LogP contribution in [0.3, 0.4) is 0 Å². The fourth-order valence-corrected chi connectivity index (χ4v) is 2.28. The molecule has 19 heavy (non-hydrogen) atoms. The molecule has 6 nitrogen and oxygen atoms in total. The fraction of sp³-hybridized carbons (Fsp3) is 0.667. The quantitative estimate of drug-likeness (QED) is 0.622. The lowest BCUT2D eigenvalue weighted by Gasteiger charge is -2.13. The molecule has 0 aliphatic rings. The van der Waals surface area contributed by atoms with Crippen LogP contribution in [0.2, 0.25) is 0 Å². The van der Waals surface area contributed by atoms with Crippen LogP contribution in [0.25, 0.3) is 0 Å². The topological polar surface area (TPSA) is 92.9 Å². The molecule has 0 aromatic carbocycles. The molecule has 0 saturated heterocycles. The summed E-state index contributed by atoms with van der Waals surface area (Å²) in [4.78, 5) is 25.6. The highest BCUT2D eigenvalue weighted by atomic mass is 32.2. The van der Waals surface area contributed by atoms with Gasteiger partial charge in [0.1, 0.15) is 11.5 Å². The molecule has 0 aliphatic heterocycles. The van der Waals surface area contributed by atoms with Crippen molar-refractivity contribution in [3.8, 4) is 0 Å². The first-order chi connectivity index (χ1) is 9.11. The van der Waals surface area contributed by atoms with E-state index in [4.69, 9.17) is 5.73 Å². The maximum absolute atomic E-state index is 11.7. The Labute approximate surface area is 116 Å². The lowest BCUT2D eigenvalue weighted by molar-refractivity contribution is 0.642. The van der Waals surface area contributed by atoms with Crippen molar-refractivity contribution in [3.05, 3.63) is 20.8 Å². The van der Waals surface area contributed by atoms with Crippen molar-refractivity contribution in [2.45, 2.75) is 32.7 Å². The van der Waals surface area contributed by atoms with Gasteiger partial charge in [0, 0.05) is 13.1 Å². The minimum absolute atomic E-state index is 0.223. The largest absolute Gasteiger partial charge is 0.383 e. The number of nitrogen functional groups attached to an aromatic ring is 1. The van der Waals surface area contributed by atoms with E-state index in [2.05, 4.69) is 16.6 Å². The van der Waals surface area contributed by atoms with Gasteiger partial charge in [-0.25, -0.2) is 4.79 Å². The molecule has 0 atom stereocenters. The molecule has 1 rings (SSSR count). The Morgan fingerprint density at radius 2 is 2.11 bits per heavy atom. The number of aromatic nitrogens is 2. The molecule has 108 valence electrons. The second-order valence-corrected chi connectivity index (χ2v) is 5.28. The van der Waals surface area contributed by atoms with Crippen LogP contribution in [0.4, 0.5) is 11.5 Å². The smallest absolute Gasteiger partial charge is 0.330 e. The highest BCUT2D eigenvalue weighted by molar-refractivity contribution is 7.98. The van der Waals surface area contributed by atoms with Gasteiger partial charge in [-0.2, -0.15) is 11.8 Å². The van der Waals surface area contributed by atoms with Crippen molar-refractivity contribution in [1.82, 2.24) is 9.55 Å². The van der Waals surface area contributed by atoms with Crippen molar-refractivity contribution in [2.75, 3.05) is 29.6 Å². The Kier molecular flexibility index (Phi) is 6.55. The Morgan fingerprint density at radius 1 is 1.37 bits per heavy atom. The van der Waals surface area contributed by atoms with Crippen LogP contribution < -0.4 is 22.3 Å². The van der Waals surface area contributed by atoms with Crippen LogP contribution in [0.5, 0.6) is 0 Å². The second-order valence-electron chi connectivity index (χ2n) is 4.30. The molecule has 0 fully saturated rings. The lowest BCUT2D eigenvalue weighted by atomic mass is 10.3. The predicted octanol–water partition coefficient (Wildman–Crippen LogP) is 1.08. The third-order valence-corrected chi connectivity index (χ3v) is 3.46. The number of hydrogen-bond acceptors (Lipinski definition) is 5. The van der Waals surface area contributed by atoms with Gasteiger partial charge in [0.05, 0.1) is 0 Å². The number of nitrogens with zero attached hydrogens (tertiary/aromatic N) is 1. The van der Waals surface area contributed by atoms with E-state index in [1.807, 2.05) is 6.92 Å². The van der Waals surface area contributed by atoms with Crippen LogP contribution >= 0.6 is 11.8 Å². The highest BCUT2D eigenvalue weighted by Gasteiger charge is 2.10. The summed E-state index contributed by atoms with van der Waals surface area (Å²) in [5.41, 5.74) is 5.30. The first kappa shape index (κ1) is 15.7. The number of nitrogens with one attached hydrogen (secondary N) is 2. The Balaban J connectivity index is 2.80. The monoisotopic (exact) mass is 286 g/mol. The summed E-state index contributed by atoms with van der Waals surface area (Å²) in [6.07, 6.45) is 4.90. The molecule has 0 saturated carbocycles. The van der Waals surface area contributed by atoms with Crippen LogP contribution in [0.1, 0.15) is 26.2 Å². The van der Waals surface area contributed by atoms with Gasteiger partial charge in [-0.1, -0.05) is 6.92 Å². The van der Waals surface area contributed by atoms with E-state index in [0.29, 0.717) is 18.8 Å². The van der Waals surface area contributed by atoms with E-state index in [1.165, 1.54) is 4.57 Å². The molecule has 0 aliphatic carbocycles. The standard InChI is InChI=1S/C12H22N4O2S/c1-3-7-16-10(13)9(11(17)15-12(16)18)14-6-4-5-8-19-2/h14H,3-8,13H2,1-2H3,(H,15,17,18). The summed E-state index contributed by atoms with van der Waals surface area (Å²) in [6.45, 7) is 3.13. The number of anilines is 2. The minimum atomic E-state index is -0.447. The zero-order valence-electron chi connectivity index (χ0n) is 11.5. The van der Waals surface area contributed by atoms with Gasteiger partial charge >= 0.3 is 5.69 Å². The molecular weight excluding hydrogens is 264 g/mol. The summed E-state index contributed by atoms with van der Waals surface area (Å²) in [7, 11) is 0. The van der Waals surface area contributed by atoms with Gasteiger partial charge in [0.2, 0.25) is 0 Å². The first-order valence-electron chi connectivity index (χ1n) is 6.47. The van der Waals surface area contributed by atoms with Crippen LogP contribution in [-0.4, -0.2) is 28.1 Å². The molecule has 1 aromatic heterocycles. The number of aromatic amines is 1. The van der Waals surface area contributed by atoms with E-state index in [0.717, 1.165) is 25.0 Å². The first-order valence-corrected chi connectivity index (χ1v) is 7.86. The molecular formula is C12H22N4O2S. The summed E-state index contributed by atoms with van der Waals surface area (Å²) < 4.78 is 1.39. The van der Waals surface area contributed by atoms with Crippen molar-refractivity contribution < 1.29 is 0 Å². The van der Waals surface area contributed by atoms with Gasteiger partial charge in [-0.05, 0) is 31.3 Å². The van der Waals surface area contributed by atoms with Gasteiger partial charge in [0.15, 0.2) is 0 Å². The number of hydrogen-bond donors (Lipinski definition) is 3. The van der Waals surface area contributed by atoms with Crippen LogP contribution in [0.15, 0.2) is 9.59 Å². The third-order valence-electron chi connectivity index (χ3n) is 2.76. The zero-order valence-corrected chi connectivity index (χ0v) is 12.3. The van der Waals surface area contributed by atoms with E-state index >= 15 is 0 Å². The Morgan fingerprint density at radius 3 is 2.74 bits per heavy atom. The second kappa shape index (κ2) is 7.93. The predicted molar refractivity (Wildman–Crippen MR) is 82.1 cm³/mol. The molecule has 0 unspecified atom stereocenters. The number of rotatable bonds is 8. The lowest BCUT2D eigenvalue weighted by Crippen LogP contribution is -2.34. The normalized spacial score (nSPS) is 10.6. The fourth-order valence-electron chi connectivity index (χ4n) is 1.79. The van der Waals surface area contributed by atoms with Crippen LogP contribution in [0, 0.1) is 0 Å². The molecule has 1 aromatic rings. The third kappa shape index (κ3) is 4.34. The van der Waals surface area contributed by atoms with E-state index < -0.39 is 11.2 Å². The molecule has 7 heteroatoms. The van der Waals surface area contributed by atoms with Gasteiger partial charge in [0.25, 0.3) is 5.56 Å². The summed E-state index contributed by atoms with van der Waals surface area (Å²) in [5, 5.41) is 3.03. The van der Waals surface area contributed by atoms with Gasteiger partial charge in [-0.15, -0.1) is 0 Å². The van der Waals surface area contributed by atoms with Gasteiger partial charge < -0.3 is 11.1 Å². The van der Waals surface area contributed by atoms with Crippen molar-refractivity contribution >= 4 is 23.3 Å². The Bertz CT molecular complexity index is 509. The summed E-state index contributed by atoms with van der Waals surface area (Å²) >= 11 is 1.80. The van der Waals surface area contributed by atoms with Gasteiger partial charge in [-0.3, -0.25) is 14.3 Å². The molecule has 0 amide bonds. The number of H-pyrrole nitrogens is 1. The van der Waals surface area contributed by atoms with Crippen molar-refractivity contribution in [3.63, 3.8) is 0 Å². The maximum Gasteiger partial charge on any atom is 0.330 e. The molecule has 0 spiro atoms. The summed E-state index contributed by atoms with van der Waals surface area (Å²) in [5.74, 6) is 1.32. The van der Waals surface area contributed by atoms with Crippen molar-refractivity contribution in [1.29, 1.82) is 0 Å². The number of unbranched alkanes of at least 4 members (excludes halogenated alkanes) is 1. The molecule has 0 radical (unpaired) electrons. The van der Waals surface area contributed by atoms with E-state index in [1.54, 1.807) is 11.8 Å². The number of nitrogens with two attached hydrogens (primary N) is 1. The average molecular weight is 286 g/mol. The highest BCUT2D eigenvalue weighted by Crippen LogP contribution is 2.10. The minimum Gasteiger partial charge on any atom is -0.383 e. The SMILES string of the molecule is CCCn1c(N)c(NCCCCSC)c(=O)[nH]c1=O. The zero-order chi connectivity index (χ0) is 14.3. The van der Waals surface area contributed by atoms with E-state index in [9.17, 15) is 9.59 Å². The maximum atomic E-state index is 11.7. The Hall–Kier alpha value is -1.37. The number of thioether (sulfide) groups is 1. The van der Waals surface area contributed by atoms with E-state index in [-0.39, 0.29) is 5.82 Å². The molecule has 0 bridgehead atoms.